The lowest BCUT2D eigenvalue weighted by atomic mass is 9.98. The Hall–Kier alpha value is -2.76. The van der Waals surface area contributed by atoms with Gasteiger partial charge in [0.2, 0.25) is 0 Å². The number of hydrogen-bond donors (Lipinski definition) is 1. The van der Waals surface area contributed by atoms with Gasteiger partial charge in [-0.2, -0.15) is 0 Å². The fourth-order valence-electron chi connectivity index (χ4n) is 3.22. The number of rotatable bonds is 3. The van der Waals surface area contributed by atoms with Crippen LogP contribution in [0.3, 0.4) is 0 Å². The van der Waals surface area contributed by atoms with E-state index in [0.717, 1.165) is 16.5 Å². The van der Waals surface area contributed by atoms with Gasteiger partial charge < -0.3 is 14.6 Å². The molecule has 144 valence electrons. The largest absolute Gasteiger partial charge is 0.511 e. The van der Waals surface area contributed by atoms with Crippen LogP contribution in [0.4, 0.5) is 4.79 Å². The molecule has 6 nitrogen and oxygen atoms in total. The second-order valence-corrected chi connectivity index (χ2v) is 7.83. The molecule has 1 saturated heterocycles. The van der Waals surface area contributed by atoms with E-state index in [1.165, 1.54) is 4.90 Å². The number of hydrogen-bond acceptors (Lipinski definition) is 5. The highest BCUT2D eigenvalue weighted by atomic mass is 16.6. The summed E-state index contributed by atoms with van der Waals surface area (Å²) in [6.45, 7) is 9.52. The van der Waals surface area contributed by atoms with Gasteiger partial charge >= 0.3 is 6.09 Å². The van der Waals surface area contributed by atoms with Crippen molar-refractivity contribution in [3.8, 4) is 5.75 Å². The first kappa shape index (κ1) is 19.0. The second kappa shape index (κ2) is 7.47. The Morgan fingerprint density at radius 2 is 2.07 bits per heavy atom. The van der Waals surface area contributed by atoms with Gasteiger partial charge in [0, 0.05) is 37.2 Å². The van der Waals surface area contributed by atoms with E-state index in [1.54, 1.807) is 6.20 Å². The van der Waals surface area contributed by atoms with Crippen LogP contribution in [0.2, 0.25) is 0 Å². The third-order valence-electron chi connectivity index (χ3n) is 4.48. The maximum Gasteiger partial charge on any atom is 0.410 e. The molecule has 2 atom stereocenters. The minimum absolute atomic E-state index is 0.0567. The van der Waals surface area contributed by atoms with E-state index < -0.39 is 17.7 Å². The summed E-state index contributed by atoms with van der Waals surface area (Å²) in [6, 6.07) is 7.26. The number of benzene rings is 1. The quantitative estimate of drug-likeness (QED) is 0.808. The Bertz CT molecular complexity index is 843. The van der Waals surface area contributed by atoms with Gasteiger partial charge in [0.15, 0.2) is 0 Å². The van der Waals surface area contributed by atoms with Crippen LogP contribution in [0.1, 0.15) is 33.6 Å². The van der Waals surface area contributed by atoms with Gasteiger partial charge in [-0.3, -0.25) is 9.88 Å². The number of pyridine rings is 1. The lowest BCUT2D eigenvalue weighted by Gasteiger charge is -2.39. The highest BCUT2D eigenvalue weighted by Crippen LogP contribution is 2.28. The standard InChI is InChI=1S/C21H26N2O4/c1-14(24)19-12-18(8-10-23(19)20(25)27-21(2,3)4)26-17-6-5-16-13-22-9-7-15(16)11-17/h5-7,9,11,13,18-19,24H,1,8,10,12H2,2-4H3/t18-,19-/m1/s1. The highest BCUT2D eigenvalue weighted by Gasteiger charge is 2.36. The molecule has 1 aliphatic heterocycles. The Labute approximate surface area is 159 Å². The Morgan fingerprint density at radius 3 is 2.78 bits per heavy atom. The van der Waals surface area contributed by atoms with Gasteiger partial charge in [-0.05, 0) is 50.4 Å². The number of aliphatic hydroxyl groups excluding tert-OH is 1. The maximum absolute atomic E-state index is 12.4. The summed E-state index contributed by atoms with van der Waals surface area (Å²) >= 11 is 0. The lowest BCUT2D eigenvalue weighted by Crippen LogP contribution is -2.51. The van der Waals surface area contributed by atoms with Crippen LogP contribution in [0.25, 0.3) is 10.8 Å². The van der Waals surface area contributed by atoms with Gasteiger partial charge in [-0.25, -0.2) is 4.79 Å². The number of carbonyl (C=O) groups excluding carboxylic acids is 1. The van der Waals surface area contributed by atoms with Gasteiger partial charge in [-0.15, -0.1) is 0 Å². The van der Waals surface area contributed by atoms with Gasteiger partial charge in [0.05, 0.1) is 6.04 Å². The molecule has 0 unspecified atom stereocenters. The molecular weight excluding hydrogens is 344 g/mol. The number of fused-ring (bicyclic) bond motifs is 1. The van der Waals surface area contributed by atoms with Crippen molar-refractivity contribution >= 4 is 16.9 Å². The molecule has 2 aromatic rings. The smallest absolute Gasteiger partial charge is 0.410 e. The van der Waals surface area contributed by atoms with Crippen molar-refractivity contribution in [2.75, 3.05) is 6.54 Å². The van der Waals surface area contributed by atoms with Gasteiger partial charge in [-0.1, -0.05) is 6.58 Å². The Balaban J connectivity index is 1.70. The van der Waals surface area contributed by atoms with Crippen molar-refractivity contribution in [2.45, 2.75) is 51.4 Å². The number of aliphatic hydroxyl groups is 1. The van der Waals surface area contributed by atoms with E-state index >= 15 is 0 Å². The molecule has 1 aliphatic rings. The molecule has 2 heterocycles. The fraction of sp³-hybridized carbons (Fsp3) is 0.429. The topological polar surface area (TPSA) is 71.9 Å². The summed E-state index contributed by atoms with van der Waals surface area (Å²) in [5.74, 6) is 0.700. The zero-order valence-corrected chi connectivity index (χ0v) is 16.0. The predicted molar refractivity (Wildman–Crippen MR) is 104 cm³/mol. The summed E-state index contributed by atoms with van der Waals surface area (Å²) in [4.78, 5) is 18.1. The van der Waals surface area contributed by atoms with Crippen molar-refractivity contribution < 1.29 is 19.4 Å². The molecule has 1 aromatic heterocycles. The van der Waals surface area contributed by atoms with E-state index in [9.17, 15) is 9.90 Å². The maximum atomic E-state index is 12.4. The average Bonchev–Trinajstić information content (AvgIpc) is 2.60. The molecule has 0 aliphatic carbocycles. The molecule has 0 spiro atoms. The number of piperidine rings is 1. The zero-order valence-electron chi connectivity index (χ0n) is 16.0. The lowest BCUT2D eigenvalue weighted by molar-refractivity contribution is -0.00420. The molecule has 0 saturated carbocycles. The predicted octanol–water partition coefficient (Wildman–Crippen LogP) is 4.45. The number of carbonyl (C=O) groups is 1. The van der Waals surface area contributed by atoms with E-state index in [4.69, 9.17) is 9.47 Å². The summed E-state index contributed by atoms with van der Waals surface area (Å²) in [5, 5.41) is 12.1. The minimum atomic E-state index is -0.592. The van der Waals surface area contributed by atoms with E-state index in [-0.39, 0.29) is 11.9 Å². The summed E-state index contributed by atoms with van der Waals surface area (Å²) in [5.41, 5.74) is -0.592. The van der Waals surface area contributed by atoms with Crippen LogP contribution in [0, 0.1) is 0 Å². The molecule has 3 rings (SSSR count). The van der Waals surface area contributed by atoms with Crippen molar-refractivity contribution in [3.05, 3.63) is 49.0 Å². The first-order chi connectivity index (χ1) is 12.7. The third kappa shape index (κ3) is 4.70. The molecule has 0 radical (unpaired) electrons. The summed E-state index contributed by atoms with van der Waals surface area (Å²) in [7, 11) is 0. The molecule has 1 aromatic carbocycles. The van der Waals surface area contributed by atoms with E-state index in [0.29, 0.717) is 19.4 Å². The minimum Gasteiger partial charge on any atom is -0.511 e. The fourth-order valence-corrected chi connectivity index (χ4v) is 3.22. The molecule has 0 bridgehead atoms. The third-order valence-corrected chi connectivity index (χ3v) is 4.48. The number of nitrogens with zero attached hydrogens (tertiary/aromatic N) is 2. The zero-order chi connectivity index (χ0) is 19.6. The Morgan fingerprint density at radius 1 is 1.30 bits per heavy atom. The summed E-state index contributed by atoms with van der Waals surface area (Å²) in [6.07, 6.45) is 4.10. The molecule has 1 fully saturated rings. The van der Waals surface area contributed by atoms with Gasteiger partial charge in [0.1, 0.15) is 23.2 Å². The molecule has 1 amide bonds. The summed E-state index contributed by atoms with van der Waals surface area (Å²) < 4.78 is 11.6. The van der Waals surface area contributed by atoms with Crippen LogP contribution in [-0.4, -0.2) is 45.4 Å². The first-order valence-electron chi connectivity index (χ1n) is 9.11. The van der Waals surface area contributed by atoms with Crippen molar-refractivity contribution in [3.63, 3.8) is 0 Å². The van der Waals surface area contributed by atoms with Crippen molar-refractivity contribution in [1.29, 1.82) is 0 Å². The van der Waals surface area contributed by atoms with Crippen LogP contribution < -0.4 is 4.74 Å². The van der Waals surface area contributed by atoms with Crippen molar-refractivity contribution in [2.24, 2.45) is 0 Å². The van der Waals surface area contributed by atoms with Crippen LogP contribution in [0.5, 0.6) is 5.75 Å². The van der Waals surface area contributed by atoms with Crippen LogP contribution >= 0.6 is 0 Å². The van der Waals surface area contributed by atoms with Crippen LogP contribution in [-0.2, 0) is 4.74 Å². The SMILES string of the molecule is C=C(O)[C@H]1C[C@H](Oc2ccc3cnccc3c2)CCN1C(=O)OC(C)(C)C. The number of ether oxygens (including phenoxy) is 2. The van der Waals surface area contributed by atoms with E-state index in [1.807, 2.05) is 51.2 Å². The van der Waals surface area contributed by atoms with E-state index in [2.05, 4.69) is 11.6 Å². The molecular formula is C21H26N2O4. The number of aromatic nitrogens is 1. The first-order valence-corrected chi connectivity index (χ1v) is 9.11. The normalized spacial score (nSPS) is 20.3. The number of amides is 1. The average molecular weight is 370 g/mol. The second-order valence-electron chi connectivity index (χ2n) is 7.83. The molecule has 6 heteroatoms. The monoisotopic (exact) mass is 370 g/mol. The highest BCUT2D eigenvalue weighted by molar-refractivity contribution is 5.82. The van der Waals surface area contributed by atoms with Crippen LogP contribution in [0.15, 0.2) is 49.0 Å². The Kier molecular flexibility index (Phi) is 5.26. The van der Waals surface area contributed by atoms with Crippen molar-refractivity contribution in [1.82, 2.24) is 9.88 Å². The van der Waals surface area contributed by atoms with Gasteiger partial charge in [0.25, 0.3) is 0 Å². The number of likely N-dealkylation sites (tertiary alicyclic amines) is 1. The molecule has 27 heavy (non-hydrogen) atoms. The molecule has 1 N–H and O–H groups in total.